The first-order valence-corrected chi connectivity index (χ1v) is 8.22. The lowest BCUT2D eigenvalue weighted by atomic mass is 10.0. The molecule has 0 aromatic carbocycles. The van der Waals surface area contributed by atoms with E-state index in [1.165, 1.54) is 51.6 Å². The maximum absolute atomic E-state index is 8.84. The number of likely N-dealkylation sites (tertiary alicyclic amines) is 1. The molecule has 0 N–H and O–H groups in total. The quantitative estimate of drug-likeness (QED) is 0.837. The monoisotopic (exact) mass is 284 g/mol. The van der Waals surface area contributed by atoms with Gasteiger partial charge in [-0.25, -0.2) is 4.98 Å². The summed E-state index contributed by atoms with van der Waals surface area (Å²) in [7, 11) is 0. The van der Waals surface area contributed by atoms with Gasteiger partial charge in [0.25, 0.3) is 0 Å². The summed E-state index contributed by atoms with van der Waals surface area (Å²) in [5.41, 5.74) is 1.66. The molecule has 3 heterocycles. The Bertz CT molecular complexity index is 483. The Morgan fingerprint density at radius 1 is 1.05 bits per heavy atom. The van der Waals surface area contributed by atoms with Crippen LogP contribution in [0.2, 0.25) is 0 Å². The molecule has 0 bridgehead atoms. The van der Waals surface area contributed by atoms with Gasteiger partial charge in [-0.1, -0.05) is 12.8 Å². The maximum Gasteiger partial charge on any atom is 0.140 e. The molecule has 2 fully saturated rings. The van der Waals surface area contributed by atoms with Gasteiger partial charge in [-0.3, -0.25) is 4.90 Å². The Morgan fingerprint density at radius 3 is 2.52 bits per heavy atom. The minimum Gasteiger partial charge on any atom is -0.369 e. The third-order valence-electron chi connectivity index (χ3n) is 4.78. The average molecular weight is 284 g/mol. The second-order valence-corrected chi connectivity index (χ2v) is 6.21. The molecule has 0 saturated carbocycles. The lowest BCUT2D eigenvalue weighted by Crippen LogP contribution is -2.48. The van der Waals surface area contributed by atoms with Crippen molar-refractivity contribution in [1.82, 2.24) is 9.88 Å². The van der Waals surface area contributed by atoms with Crippen LogP contribution in [0.25, 0.3) is 0 Å². The van der Waals surface area contributed by atoms with Gasteiger partial charge in [-0.2, -0.15) is 5.26 Å². The summed E-state index contributed by atoms with van der Waals surface area (Å²) < 4.78 is 0. The molecule has 1 atom stereocenters. The van der Waals surface area contributed by atoms with E-state index < -0.39 is 0 Å². The SMILES string of the molecule is N#Cc1ccc(N2CCC[C@H](N3CCCCCC3)C2)cn1. The second-order valence-electron chi connectivity index (χ2n) is 6.21. The molecule has 4 heteroatoms. The Kier molecular flexibility index (Phi) is 4.72. The van der Waals surface area contributed by atoms with Crippen LogP contribution in [-0.2, 0) is 0 Å². The highest BCUT2D eigenvalue weighted by Gasteiger charge is 2.25. The Balaban J connectivity index is 1.65. The van der Waals surface area contributed by atoms with Gasteiger partial charge in [-0.05, 0) is 50.9 Å². The highest BCUT2D eigenvalue weighted by Crippen LogP contribution is 2.24. The van der Waals surface area contributed by atoms with E-state index in [1.807, 2.05) is 18.3 Å². The number of piperidine rings is 1. The Hall–Kier alpha value is -1.60. The van der Waals surface area contributed by atoms with Gasteiger partial charge in [-0.15, -0.1) is 0 Å². The summed E-state index contributed by atoms with van der Waals surface area (Å²) in [6, 6.07) is 6.64. The summed E-state index contributed by atoms with van der Waals surface area (Å²) in [5, 5.41) is 8.84. The first-order valence-electron chi connectivity index (χ1n) is 8.22. The molecular formula is C17H24N4. The molecule has 0 aliphatic carbocycles. The molecule has 0 unspecified atom stereocenters. The van der Waals surface area contributed by atoms with Crippen molar-refractivity contribution in [3.05, 3.63) is 24.0 Å². The molecule has 2 aliphatic heterocycles. The number of pyridine rings is 1. The third kappa shape index (κ3) is 3.54. The number of nitrogens with zero attached hydrogens (tertiary/aromatic N) is 4. The fourth-order valence-electron chi connectivity index (χ4n) is 3.59. The molecule has 0 radical (unpaired) electrons. The highest BCUT2D eigenvalue weighted by atomic mass is 15.2. The van der Waals surface area contributed by atoms with Crippen LogP contribution in [0.15, 0.2) is 18.3 Å². The number of rotatable bonds is 2. The van der Waals surface area contributed by atoms with Gasteiger partial charge in [0.05, 0.1) is 11.9 Å². The van der Waals surface area contributed by atoms with Crippen molar-refractivity contribution in [1.29, 1.82) is 5.26 Å². The molecule has 112 valence electrons. The summed E-state index contributed by atoms with van der Waals surface area (Å²) >= 11 is 0. The zero-order valence-corrected chi connectivity index (χ0v) is 12.7. The minimum atomic E-state index is 0.500. The van der Waals surface area contributed by atoms with E-state index in [2.05, 4.69) is 20.9 Å². The van der Waals surface area contributed by atoms with Crippen molar-refractivity contribution in [3.63, 3.8) is 0 Å². The van der Waals surface area contributed by atoms with Gasteiger partial charge in [0, 0.05) is 19.1 Å². The van der Waals surface area contributed by atoms with Crippen molar-refractivity contribution < 1.29 is 0 Å². The molecule has 4 nitrogen and oxygen atoms in total. The number of anilines is 1. The largest absolute Gasteiger partial charge is 0.369 e. The van der Waals surface area contributed by atoms with Gasteiger partial charge in [0.1, 0.15) is 11.8 Å². The van der Waals surface area contributed by atoms with Gasteiger partial charge >= 0.3 is 0 Å². The maximum atomic E-state index is 8.84. The Morgan fingerprint density at radius 2 is 1.86 bits per heavy atom. The molecule has 1 aromatic rings. The zero-order valence-electron chi connectivity index (χ0n) is 12.7. The van der Waals surface area contributed by atoms with Crippen LogP contribution in [-0.4, -0.2) is 42.1 Å². The first kappa shape index (κ1) is 14.3. The van der Waals surface area contributed by atoms with Crippen LogP contribution in [0.3, 0.4) is 0 Å². The van der Waals surface area contributed by atoms with Crippen molar-refractivity contribution in [2.75, 3.05) is 31.1 Å². The smallest absolute Gasteiger partial charge is 0.140 e. The topological polar surface area (TPSA) is 43.2 Å². The predicted octanol–water partition coefficient (Wildman–Crippen LogP) is 2.80. The summed E-state index contributed by atoms with van der Waals surface area (Å²) in [6.07, 6.45) is 9.92. The fourth-order valence-corrected chi connectivity index (χ4v) is 3.59. The molecular weight excluding hydrogens is 260 g/mol. The number of aromatic nitrogens is 1. The van der Waals surface area contributed by atoms with Crippen molar-refractivity contribution >= 4 is 5.69 Å². The number of hydrogen-bond acceptors (Lipinski definition) is 4. The first-order chi connectivity index (χ1) is 10.4. The van der Waals surface area contributed by atoms with E-state index in [0.717, 1.165) is 18.8 Å². The van der Waals surface area contributed by atoms with Gasteiger partial charge in [0.15, 0.2) is 0 Å². The van der Waals surface area contributed by atoms with Gasteiger partial charge < -0.3 is 4.90 Å². The lowest BCUT2D eigenvalue weighted by molar-refractivity contribution is 0.182. The highest BCUT2D eigenvalue weighted by molar-refractivity contribution is 5.46. The lowest BCUT2D eigenvalue weighted by Gasteiger charge is -2.40. The van der Waals surface area contributed by atoms with Crippen LogP contribution in [0.1, 0.15) is 44.2 Å². The average Bonchev–Trinajstić information content (AvgIpc) is 2.84. The third-order valence-corrected chi connectivity index (χ3v) is 4.78. The van der Waals surface area contributed by atoms with Crippen LogP contribution in [0, 0.1) is 11.3 Å². The molecule has 1 aromatic heterocycles. The van der Waals surface area contributed by atoms with Crippen molar-refractivity contribution in [2.24, 2.45) is 0 Å². The van der Waals surface area contributed by atoms with Crippen LogP contribution < -0.4 is 4.90 Å². The minimum absolute atomic E-state index is 0.500. The number of hydrogen-bond donors (Lipinski definition) is 0. The fraction of sp³-hybridized carbons (Fsp3) is 0.647. The van der Waals surface area contributed by atoms with E-state index in [4.69, 9.17) is 5.26 Å². The van der Waals surface area contributed by atoms with Crippen LogP contribution in [0.5, 0.6) is 0 Å². The second kappa shape index (κ2) is 6.91. The molecule has 2 aliphatic rings. The van der Waals surface area contributed by atoms with E-state index in [0.29, 0.717) is 11.7 Å². The van der Waals surface area contributed by atoms with Crippen LogP contribution >= 0.6 is 0 Å². The molecule has 2 saturated heterocycles. The standard InChI is InChI=1S/C17H24N4/c18-12-15-7-8-16(13-19-15)21-11-5-6-17(14-21)20-9-3-1-2-4-10-20/h7-8,13,17H,1-6,9-11,14H2/t17-/m0/s1. The Labute approximate surface area is 127 Å². The molecule has 3 rings (SSSR count). The van der Waals surface area contributed by atoms with Crippen molar-refractivity contribution in [2.45, 2.75) is 44.6 Å². The van der Waals surface area contributed by atoms with Crippen molar-refractivity contribution in [3.8, 4) is 6.07 Å². The normalized spacial score (nSPS) is 24.3. The number of nitriles is 1. The summed E-state index contributed by atoms with van der Waals surface area (Å²) in [5.74, 6) is 0. The summed E-state index contributed by atoms with van der Waals surface area (Å²) in [4.78, 5) is 9.35. The van der Waals surface area contributed by atoms with E-state index in [-0.39, 0.29) is 0 Å². The van der Waals surface area contributed by atoms with Crippen LogP contribution in [0.4, 0.5) is 5.69 Å². The predicted molar refractivity (Wildman–Crippen MR) is 84.2 cm³/mol. The zero-order chi connectivity index (χ0) is 14.5. The van der Waals surface area contributed by atoms with E-state index in [9.17, 15) is 0 Å². The molecule has 0 amide bonds. The molecule has 0 spiro atoms. The summed E-state index contributed by atoms with van der Waals surface area (Å²) in [6.45, 7) is 4.75. The molecule has 21 heavy (non-hydrogen) atoms. The van der Waals surface area contributed by atoms with Gasteiger partial charge in [0.2, 0.25) is 0 Å². The van der Waals surface area contributed by atoms with E-state index in [1.54, 1.807) is 0 Å². The van der Waals surface area contributed by atoms with E-state index >= 15 is 0 Å².